The summed E-state index contributed by atoms with van der Waals surface area (Å²) in [7, 11) is -1.75. The lowest BCUT2D eigenvalue weighted by Gasteiger charge is -2.10. The molecule has 0 heterocycles. The number of benzene rings is 1. The van der Waals surface area contributed by atoms with Crippen molar-refractivity contribution < 1.29 is 19.5 Å². The molecule has 0 saturated carbocycles. The molecule has 1 aromatic rings. The molecule has 0 radical (unpaired) electrons. The molecule has 0 amide bonds. The molecule has 0 spiro atoms. The van der Waals surface area contributed by atoms with E-state index in [-0.39, 0.29) is 11.0 Å². The molecule has 5 heteroatoms. The van der Waals surface area contributed by atoms with Gasteiger partial charge in [0.05, 0.1) is 6.61 Å². The van der Waals surface area contributed by atoms with Gasteiger partial charge in [-0.1, -0.05) is 11.6 Å². The van der Waals surface area contributed by atoms with Crippen LogP contribution < -0.4 is 5.46 Å². The van der Waals surface area contributed by atoms with Crippen molar-refractivity contribution in [2.45, 2.75) is 13.5 Å². The predicted octanol–water partition coefficient (Wildman–Crippen LogP) is -0.694. The van der Waals surface area contributed by atoms with Gasteiger partial charge in [-0.15, -0.1) is 0 Å². The summed E-state index contributed by atoms with van der Waals surface area (Å²) in [5, 5.41) is 26.6. The minimum absolute atomic E-state index is 0.0440. The Hall–Kier alpha value is -0.905. The van der Waals surface area contributed by atoms with Crippen LogP contribution in [0, 0.1) is 12.7 Å². The molecule has 70 valence electrons. The van der Waals surface area contributed by atoms with Gasteiger partial charge in [-0.25, -0.2) is 4.39 Å². The fraction of sp³-hybridized carbons (Fsp3) is 0.250. The van der Waals surface area contributed by atoms with Crippen molar-refractivity contribution in [2.24, 2.45) is 0 Å². The lowest BCUT2D eigenvalue weighted by Crippen LogP contribution is -2.36. The monoisotopic (exact) mass is 184 g/mol. The first kappa shape index (κ1) is 10.2. The van der Waals surface area contributed by atoms with E-state index < -0.39 is 19.5 Å². The molecule has 3 N–H and O–H groups in total. The van der Waals surface area contributed by atoms with E-state index in [0.717, 1.165) is 0 Å². The van der Waals surface area contributed by atoms with Gasteiger partial charge in [0.25, 0.3) is 0 Å². The van der Waals surface area contributed by atoms with Gasteiger partial charge < -0.3 is 15.2 Å². The molecule has 0 saturated heterocycles. The lowest BCUT2D eigenvalue weighted by atomic mass is 9.74. The molecule has 0 aliphatic carbocycles. The normalized spacial score (nSPS) is 10.2. The first-order valence-corrected chi connectivity index (χ1v) is 3.82. The van der Waals surface area contributed by atoms with Crippen LogP contribution in [-0.2, 0) is 6.61 Å². The molecule has 0 fully saturated rings. The Balaban J connectivity index is 3.35. The summed E-state index contributed by atoms with van der Waals surface area (Å²) in [6.45, 7) is 1.08. The summed E-state index contributed by atoms with van der Waals surface area (Å²) in [6.07, 6.45) is 0. The summed E-state index contributed by atoms with van der Waals surface area (Å²) in [5.41, 5.74) is 0.526. The molecule has 13 heavy (non-hydrogen) atoms. The van der Waals surface area contributed by atoms with Crippen LogP contribution in [0.3, 0.4) is 0 Å². The molecule has 0 unspecified atom stereocenters. The van der Waals surface area contributed by atoms with Crippen LogP contribution in [0.2, 0.25) is 0 Å². The molecular formula is C8H10BFO3. The fourth-order valence-electron chi connectivity index (χ4n) is 1.28. The van der Waals surface area contributed by atoms with Crippen molar-refractivity contribution in [2.75, 3.05) is 0 Å². The zero-order valence-corrected chi connectivity index (χ0v) is 7.16. The summed E-state index contributed by atoms with van der Waals surface area (Å²) in [6, 6.07) is 2.62. The number of aliphatic hydroxyl groups is 1. The summed E-state index contributed by atoms with van der Waals surface area (Å²) in [5.74, 6) is -0.629. The van der Waals surface area contributed by atoms with Crippen molar-refractivity contribution in [3.8, 4) is 0 Å². The highest BCUT2D eigenvalue weighted by Crippen LogP contribution is 2.08. The van der Waals surface area contributed by atoms with E-state index in [9.17, 15) is 4.39 Å². The van der Waals surface area contributed by atoms with E-state index in [4.69, 9.17) is 15.2 Å². The van der Waals surface area contributed by atoms with Crippen LogP contribution in [0.1, 0.15) is 11.1 Å². The molecule has 0 aromatic heterocycles. The maximum atomic E-state index is 13.0. The van der Waals surface area contributed by atoms with E-state index in [2.05, 4.69) is 0 Å². The van der Waals surface area contributed by atoms with Crippen LogP contribution in [0.15, 0.2) is 12.1 Å². The highest BCUT2D eigenvalue weighted by molar-refractivity contribution is 6.59. The van der Waals surface area contributed by atoms with E-state index in [1.807, 2.05) is 0 Å². The Morgan fingerprint density at radius 3 is 2.38 bits per heavy atom. The van der Waals surface area contributed by atoms with Gasteiger partial charge in [0.1, 0.15) is 5.82 Å². The van der Waals surface area contributed by atoms with Gasteiger partial charge in [0, 0.05) is 5.56 Å². The number of aliphatic hydroxyl groups excluding tert-OH is 1. The van der Waals surface area contributed by atoms with Crippen molar-refractivity contribution in [3.63, 3.8) is 0 Å². The molecule has 1 rings (SSSR count). The third-order valence-electron chi connectivity index (χ3n) is 1.93. The van der Waals surface area contributed by atoms with Gasteiger partial charge >= 0.3 is 7.12 Å². The van der Waals surface area contributed by atoms with Gasteiger partial charge in [-0.05, 0) is 18.5 Å². The third-order valence-corrected chi connectivity index (χ3v) is 1.93. The van der Waals surface area contributed by atoms with Crippen molar-refractivity contribution in [3.05, 3.63) is 29.1 Å². The SMILES string of the molecule is Cc1ccc(F)c(CO)c1B(O)O. The van der Waals surface area contributed by atoms with Crippen LogP contribution in [0.4, 0.5) is 4.39 Å². The first-order valence-electron chi connectivity index (χ1n) is 3.82. The molecule has 0 aliphatic heterocycles. The Labute approximate surface area is 75.6 Å². The standard InChI is InChI=1S/C8H10BFO3/c1-5-2-3-7(10)6(4-11)8(5)9(12)13/h2-3,11-13H,4H2,1H3. The Morgan fingerprint density at radius 1 is 1.38 bits per heavy atom. The molecular weight excluding hydrogens is 174 g/mol. The maximum absolute atomic E-state index is 13.0. The van der Waals surface area contributed by atoms with Gasteiger partial charge in [-0.2, -0.15) is 0 Å². The fourth-order valence-corrected chi connectivity index (χ4v) is 1.28. The average Bonchev–Trinajstić information content (AvgIpc) is 2.07. The second-order valence-electron chi connectivity index (χ2n) is 2.79. The van der Waals surface area contributed by atoms with E-state index in [1.54, 1.807) is 6.92 Å². The zero-order chi connectivity index (χ0) is 10.0. The number of hydrogen-bond acceptors (Lipinski definition) is 3. The van der Waals surface area contributed by atoms with Crippen molar-refractivity contribution >= 4 is 12.6 Å². The predicted molar refractivity (Wildman–Crippen MR) is 46.9 cm³/mol. The third kappa shape index (κ3) is 1.88. The van der Waals surface area contributed by atoms with Crippen molar-refractivity contribution in [1.29, 1.82) is 0 Å². The van der Waals surface area contributed by atoms with Gasteiger partial charge in [-0.3, -0.25) is 0 Å². The zero-order valence-electron chi connectivity index (χ0n) is 7.16. The largest absolute Gasteiger partial charge is 0.489 e. The highest BCUT2D eigenvalue weighted by atomic mass is 19.1. The van der Waals surface area contributed by atoms with Crippen LogP contribution in [-0.4, -0.2) is 22.3 Å². The molecule has 1 aromatic carbocycles. The Bertz CT molecular complexity index is 315. The van der Waals surface area contributed by atoms with Crippen LogP contribution >= 0.6 is 0 Å². The summed E-state index contributed by atoms with van der Waals surface area (Å²) >= 11 is 0. The molecule has 0 atom stereocenters. The highest BCUT2D eigenvalue weighted by Gasteiger charge is 2.20. The van der Waals surface area contributed by atoms with Crippen LogP contribution in [0.25, 0.3) is 0 Å². The molecule has 0 aliphatic rings. The quantitative estimate of drug-likeness (QED) is 0.533. The Kier molecular flexibility index (Phi) is 3.03. The summed E-state index contributed by atoms with van der Waals surface area (Å²) in [4.78, 5) is 0. The van der Waals surface area contributed by atoms with Crippen LogP contribution in [0.5, 0.6) is 0 Å². The van der Waals surface area contributed by atoms with Gasteiger partial charge in [0.2, 0.25) is 0 Å². The average molecular weight is 184 g/mol. The van der Waals surface area contributed by atoms with E-state index >= 15 is 0 Å². The second-order valence-corrected chi connectivity index (χ2v) is 2.79. The minimum Gasteiger partial charge on any atom is -0.423 e. The molecule has 0 bridgehead atoms. The number of halogens is 1. The molecule has 3 nitrogen and oxygen atoms in total. The smallest absolute Gasteiger partial charge is 0.423 e. The Morgan fingerprint density at radius 2 is 2.00 bits per heavy atom. The van der Waals surface area contributed by atoms with Crippen molar-refractivity contribution in [1.82, 2.24) is 0 Å². The topological polar surface area (TPSA) is 60.7 Å². The minimum atomic E-state index is -1.75. The first-order chi connectivity index (χ1) is 6.07. The maximum Gasteiger partial charge on any atom is 0.489 e. The van der Waals surface area contributed by atoms with Gasteiger partial charge in [0.15, 0.2) is 0 Å². The van der Waals surface area contributed by atoms with E-state index in [1.165, 1.54) is 12.1 Å². The number of rotatable bonds is 2. The second kappa shape index (κ2) is 3.87. The lowest BCUT2D eigenvalue weighted by molar-refractivity contribution is 0.276. The number of hydrogen-bond donors (Lipinski definition) is 3. The van der Waals surface area contributed by atoms with E-state index in [0.29, 0.717) is 5.56 Å². The summed E-state index contributed by atoms with van der Waals surface area (Å²) < 4.78 is 13.0. The number of aryl methyl sites for hydroxylation is 1.